The van der Waals surface area contributed by atoms with Gasteiger partial charge in [0.1, 0.15) is 0 Å². The van der Waals surface area contributed by atoms with Crippen LogP contribution in [0.4, 0.5) is 17.1 Å². The Kier molecular flexibility index (Phi) is 8.11. The first kappa shape index (κ1) is 24.3. The first-order valence-electron chi connectivity index (χ1n) is 10.7. The van der Waals surface area contributed by atoms with E-state index in [1.165, 1.54) is 18.2 Å². The maximum atomic E-state index is 12.3. The number of para-hydroxylation sites is 2. The minimum atomic E-state index is -0.564. The summed E-state index contributed by atoms with van der Waals surface area (Å²) < 4.78 is 5.31. The molecule has 0 aromatic heterocycles. The van der Waals surface area contributed by atoms with Crippen LogP contribution in [0.5, 0.6) is 5.75 Å². The number of hydrogen-bond donors (Lipinski definition) is 1. The zero-order valence-corrected chi connectivity index (χ0v) is 19.4. The molecule has 3 rings (SSSR count). The molecule has 0 radical (unpaired) electrons. The van der Waals surface area contributed by atoms with Gasteiger partial charge in [-0.25, -0.2) is 0 Å². The highest BCUT2D eigenvalue weighted by Gasteiger charge is 2.23. The third-order valence-corrected chi connectivity index (χ3v) is 5.51. The largest absolute Gasteiger partial charge is 0.477 e. The van der Waals surface area contributed by atoms with Gasteiger partial charge in [-0.1, -0.05) is 37.6 Å². The van der Waals surface area contributed by atoms with Crippen molar-refractivity contribution < 1.29 is 19.2 Å². The molecule has 1 aliphatic heterocycles. The van der Waals surface area contributed by atoms with Crippen LogP contribution in [-0.4, -0.2) is 54.4 Å². The molecule has 33 heavy (non-hydrogen) atoms. The molecule has 0 spiro atoms. The number of carbonyl (C=O) groups is 2. The van der Waals surface area contributed by atoms with Gasteiger partial charge >= 0.3 is 5.69 Å². The third-order valence-electron chi connectivity index (χ3n) is 5.21. The van der Waals surface area contributed by atoms with Crippen molar-refractivity contribution in [3.8, 4) is 5.75 Å². The van der Waals surface area contributed by atoms with Crippen molar-refractivity contribution in [1.29, 1.82) is 0 Å². The van der Waals surface area contributed by atoms with E-state index in [9.17, 15) is 19.7 Å². The van der Waals surface area contributed by atoms with Gasteiger partial charge in [0, 0.05) is 44.4 Å². The number of halogens is 1. The Labute approximate surface area is 197 Å². The number of nitrogens with one attached hydrogen (secondary N) is 1. The number of rotatable bonds is 8. The molecule has 0 atom stereocenters. The summed E-state index contributed by atoms with van der Waals surface area (Å²) in [6, 6.07) is 11.1. The number of benzene rings is 2. The summed E-state index contributed by atoms with van der Waals surface area (Å²) in [6.07, 6.45) is 0.552. The summed E-state index contributed by atoms with van der Waals surface area (Å²) in [7, 11) is 0. The molecule has 9 nitrogen and oxygen atoms in total. The Morgan fingerprint density at radius 3 is 2.48 bits per heavy atom. The summed E-state index contributed by atoms with van der Waals surface area (Å²) in [6.45, 7) is 6.33. The van der Waals surface area contributed by atoms with E-state index in [1.807, 2.05) is 24.8 Å². The van der Waals surface area contributed by atoms with Crippen LogP contribution in [-0.2, 0) is 9.59 Å². The molecular weight excluding hydrogens is 448 g/mol. The molecular formula is C23H27ClN4O5. The third kappa shape index (κ3) is 6.58. The van der Waals surface area contributed by atoms with Crippen molar-refractivity contribution in [2.75, 3.05) is 43.0 Å². The van der Waals surface area contributed by atoms with Crippen LogP contribution < -0.4 is 15.0 Å². The SMILES string of the molecule is CC(C)CC(=O)N1CCN(c2ccc(NC(=O)COc3ccccc3[N+](=O)[O-])cc2Cl)CC1. The van der Waals surface area contributed by atoms with Crippen LogP contribution >= 0.6 is 11.6 Å². The summed E-state index contributed by atoms with van der Waals surface area (Å²) in [5.41, 5.74) is 1.12. The van der Waals surface area contributed by atoms with Crippen LogP contribution in [0.2, 0.25) is 5.02 Å². The lowest BCUT2D eigenvalue weighted by molar-refractivity contribution is -0.385. The number of piperazine rings is 1. The van der Waals surface area contributed by atoms with Crippen molar-refractivity contribution in [3.63, 3.8) is 0 Å². The molecule has 1 saturated heterocycles. The predicted molar refractivity (Wildman–Crippen MR) is 127 cm³/mol. The van der Waals surface area contributed by atoms with Crippen LogP contribution in [0, 0.1) is 16.0 Å². The average Bonchev–Trinajstić information content (AvgIpc) is 2.77. The van der Waals surface area contributed by atoms with Gasteiger partial charge in [0.2, 0.25) is 5.91 Å². The number of carbonyl (C=O) groups excluding carboxylic acids is 2. The quantitative estimate of drug-likeness (QED) is 0.458. The number of hydrogen-bond acceptors (Lipinski definition) is 6. The van der Waals surface area contributed by atoms with E-state index in [1.54, 1.807) is 18.2 Å². The van der Waals surface area contributed by atoms with E-state index < -0.39 is 10.8 Å². The minimum absolute atomic E-state index is 0.0250. The van der Waals surface area contributed by atoms with Crippen LogP contribution in [0.25, 0.3) is 0 Å². The second kappa shape index (κ2) is 11.0. The van der Waals surface area contributed by atoms with Gasteiger partial charge in [-0.3, -0.25) is 19.7 Å². The summed E-state index contributed by atoms with van der Waals surface area (Å²) in [5.74, 6) is 0.0732. The Morgan fingerprint density at radius 2 is 1.85 bits per heavy atom. The van der Waals surface area contributed by atoms with Crippen molar-refractivity contribution in [2.24, 2.45) is 5.92 Å². The number of anilines is 2. The fourth-order valence-electron chi connectivity index (χ4n) is 3.59. The first-order chi connectivity index (χ1) is 15.7. The van der Waals surface area contributed by atoms with Crippen molar-refractivity contribution in [1.82, 2.24) is 4.90 Å². The van der Waals surface area contributed by atoms with Gasteiger partial charge in [0.05, 0.1) is 15.6 Å². The topological polar surface area (TPSA) is 105 Å². The van der Waals surface area contributed by atoms with E-state index in [0.717, 1.165) is 5.69 Å². The van der Waals surface area contributed by atoms with E-state index in [-0.39, 0.29) is 24.0 Å². The fraction of sp³-hybridized carbons (Fsp3) is 0.391. The highest BCUT2D eigenvalue weighted by atomic mass is 35.5. The lowest BCUT2D eigenvalue weighted by Gasteiger charge is -2.36. The number of nitro benzene ring substituents is 1. The van der Waals surface area contributed by atoms with Crippen molar-refractivity contribution in [3.05, 3.63) is 57.6 Å². The zero-order valence-electron chi connectivity index (χ0n) is 18.6. The van der Waals surface area contributed by atoms with Gasteiger partial charge < -0.3 is 19.9 Å². The molecule has 2 aromatic carbocycles. The summed E-state index contributed by atoms with van der Waals surface area (Å²) in [5, 5.41) is 14.2. The Bertz CT molecular complexity index is 1020. The molecule has 176 valence electrons. The van der Waals surface area contributed by atoms with E-state index in [2.05, 4.69) is 10.2 Å². The molecule has 1 heterocycles. The summed E-state index contributed by atoms with van der Waals surface area (Å²) in [4.78, 5) is 39.0. The Morgan fingerprint density at radius 1 is 1.15 bits per heavy atom. The molecule has 0 aliphatic carbocycles. The van der Waals surface area contributed by atoms with Gasteiger partial charge in [-0.05, 0) is 30.2 Å². The first-order valence-corrected chi connectivity index (χ1v) is 11.1. The van der Waals surface area contributed by atoms with Gasteiger partial charge in [0.15, 0.2) is 12.4 Å². The lowest BCUT2D eigenvalue weighted by atomic mass is 10.1. The normalized spacial score (nSPS) is 13.7. The molecule has 0 bridgehead atoms. The molecule has 2 aromatic rings. The van der Waals surface area contributed by atoms with Gasteiger partial charge in [-0.2, -0.15) is 0 Å². The maximum Gasteiger partial charge on any atom is 0.310 e. The Balaban J connectivity index is 1.54. The Hall–Kier alpha value is -3.33. The molecule has 1 aliphatic rings. The van der Waals surface area contributed by atoms with Crippen LogP contribution in [0.15, 0.2) is 42.5 Å². The number of nitrogens with zero attached hydrogens (tertiary/aromatic N) is 3. The van der Waals surface area contributed by atoms with E-state index in [0.29, 0.717) is 49.2 Å². The summed E-state index contributed by atoms with van der Waals surface area (Å²) >= 11 is 6.46. The minimum Gasteiger partial charge on any atom is -0.477 e. The lowest BCUT2D eigenvalue weighted by Crippen LogP contribution is -2.49. The van der Waals surface area contributed by atoms with Crippen molar-refractivity contribution >= 4 is 40.5 Å². The van der Waals surface area contributed by atoms with Gasteiger partial charge in [-0.15, -0.1) is 0 Å². The van der Waals surface area contributed by atoms with E-state index >= 15 is 0 Å². The highest BCUT2D eigenvalue weighted by Crippen LogP contribution is 2.30. The average molecular weight is 475 g/mol. The molecule has 1 N–H and O–H groups in total. The molecule has 0 saturated carbocycles. The van der Waals surface area contributed by atoms with Gasteiger partial charge in [0.25, 0.3) is 5.91 Å². The molecule has 1 fully saturated rings. The number of amides is 2. The highest BCUT2D eigenvalue weighted by molar-refractivity contribution is 6.33. The maximum absolute atomic E-state index is 12.3. The molecule has 2 amide bonds. The standard InChI is InChI=1S/C23H27ClN4O5/c1-16(2)13-23(30)27-11-9-26(10-12-27)19-8-7-17(14-18(19)24)25-22(29)15-33-21-6-4-3-5-20(21)28(31)32/h3-8,14,16H,9-13,15H2,1-2H3,(H,25,29). The second-order valence-corrected chi connectivity index (χ2v) is 8.60. The van der Waals surface area contributed by atoms with E-state index in [4.69, 9.17) is 16.3 Å². The smallest absolute Gasteiger partial charge is 0.310 e. The number of nitro groups is 1. The van der Waals surface area contributed by atoms with Crippen LogP contribution in [0.3, 0.4) is 0 Å². The molecule has 0 unspecified atom stereocenters. The fourth-order valence-corrected chi connectivity index (χ4v) is 3.89. The monoisotopic (exact) mass is 474 g/mol. The zero-order chi connectivity index (χ0) is 24.0. The van der Waals surface area contributed by atoms with Crippen molar-refractivity contribution in [2.45, 2.75) is 20.3 Å². The number of ether oxygens (including phenoxy) is 1. The molecule has 10 heteroatoms. The second-order valence-electron chi connectivity index (χ2n) is 8.19. The van der Waals surface area contributed by atoms with Crippen LogP contribution in [0.1, 0.15) is 20.3 Å². The predicted octanol–water partition coefficient (Wildman–Crippen LogP) is 3.96.